The molecule has 11 heteroatoms. The lowest BCUT2D eigenvalue weighted by atomic mass is 10.0. The van der Waals surface area contributed by atoms with Gasteiger partial charge in [-0.05, 0) is 44.4 Å². The molecule has 0 aliphatic carbocycles. The molecule has 10 nitrogen and oxygen atoms in total. The molecule has 0 radical (unpaired) electrons. The molecule has 0 unspecified atom stereocenters. The van der Waals surface area contributed by atoms with E-state index in [1.165, 1.54) is 17.2 Å². The molecule has 0 saturated carbocycles. The highest BCUT2D eigenvalue weighted by Gasteiger charge is 2.25. The number of carbonyl (C=O) groups is 3. The van der Waals surface area contributed by atoms with Crippen LogP contribution in [0.25, 0.3) is 5.57 Å². The lowest BCUT2D eigenvalue weighted by Crippen LogP contribution is -2.39. The van der Waals surface area contributed by atoms with Gasteiger partial charge in [-0.2, -0.15) is 0 Å². The van der Waals surface area contributed by atoms with Crippen LogP contribution < -0.4 is 10.1 Å². The second-order valence-corrected chi connectivity index (χ2v) is 9.87. The first-order chi connectivity index (χ1) is 16.9. The monoisotopic (exact) mass is 515 g/mol. The van der Waals surface area contributed by atoms with Crippen LogP contribution in [0.2, 0.25) is 5.02 Å². The van der Waals surface area contributed by atoms with E-state index >= 15 is 0 Å². The fourth-order valence-corrected chi connectivity index (χ4v) is 3.40. The molecule has 0 bridgehead atoms. The number of amides is 3. The number of hydrogen-bond acceptors (Lipinski definition) is 7. The lowest BCUT2D eigenvalue weighted by Gasteiger charge is -2.30. The molecule has 3 heterocycles. The van der Waals surface area contributed by atoms with Gasteiger partial charge in [-0.15, -0.1) is 0 Å². The van der Waals surface area contributed by atoms with E-state index in [-0.39, 0.29) is 35.0 Å². The first kappa shape index (κ1) is 26.9. The molecule has 1 aliphatic rings. The maximum Gasteiger partial charge on any atom is 0.414 e. The number of rotatable bonds is 5. The third-order valence-electron chi connectivity index (χ3n) is 4.97. The summed E-state index contributed by atoms with van der Waals surface area (Å²) in [6.07, 6.45) is 4.80. The van der Waals surface area contributed by atoms with Crippen molar-refractivity contribution < 1.29 is 23.9 Å². The number of nitrogens with zero attached hydrogens (tertiary/aromatic N) is 4. The van der Waals surface area contributed by atoms with Crippen molar-refractivity contribution in [2.24, 2.45) is 0 Å². The standard InChI is InChI=1S/C25H30ClN5O5/c1-25(2,3)36-24(34)31-10-6-7-17(15-31)19-9-8-16(13-27-19)11-22(32)29-21-12-20(18(26)14-28-21)35-23(33)30(4)5/h7-9,12-14H,6,10-11,15H2,1-5H3,(H,28,29,32). The molecule has 0 fully saturated rings. The van der Waals surface area contributed by atoms with Gasteiger partial charge in [0.25, 0.3) is 0 Å². The van der Waals surface area contributed by atoms with E-state index in [1.54, 1.807) is 25.2 Å². The summed E-state index contributed by atoms with van der Waals surface area (Å²) >= 11 is 6.03. The number of pyridine rings is 2. The molecule has 3 amide bonds. The quantitative estimate of drug-likeness (QED) is 0.627. The average Bonchev–Trinajstić information content (AvgIpc) is 2.80. The minimum absolute atomic E-state index is 0.0630. The summed E-state index contributed by atoms with van der Waals surface area (Å²) in [6, 6.07) is 5.02. The number of hydrogen-bond donors (Lipinski definition) is 1. The Morgan fingerprint density at radius 2 is 1.92 bits per heavy atom. The summed E-state index contributed by atoms with van der Waals surface area (Å²) in [5.41, 5.74) is 1.80. The number of aromatic nitrogens is 2. The van der Waals surface area contributed by atoms with E-state index in [1.807, 2.05) is 32.9 Å². The highest BCUT2D eigenvalue weighted by atomic mass is 35.5. The van der Waals surface area contributed by atoms with Crippen LogP contribution in [0, 0.1) is 0 Å². The van der Waals surface area contributed by atoms with E-state index in [0.717, 1.165) is 11.3 Å². The Morgan fingerprint density at radius 1 is 1.17 bits per heavy atom. The largest absolute Gasteiger partial charge is 0.444 e. The minimum atomic E-state index is -0.603. The Bertz CT molecular complexity index is 1160. The smallest absolute Gasteiger partial charge is 0.414 e. The third-order valence-corrected chi connectivity index (χ3v) is 5.26. The maximum absolute atomic E-state index is 12.5. The number of halogens is 1. The summed E-state index contributed by atoms with van der Waals surface area (Å²) < 4.78 is 10.7. The van der Waals surface area contributed by atoms with E-state index in [9.17, 15) is 14.4 Å². The molecule has 0 saturated heterocycles. The van der Waals surface area contributed by atoms with Crippen molar-refractivity contribution in [3.63, 3.8) is 0 Å². The van der Waals surface area contributed by atoms with Gasteiger partial charge in [0.1, 0.15) is 16.4 Å². The maximum atomic E-state index is 12.5. The highest BCUT2D eigenvalue weighted by molar-refractivity contribution is 6.32. The van der Waals surface area contributed by atoms with Gasteiger partial charge in [-0.1, -0.05) is 23.7 Å². The highest BCUT2D eigenvalue weighted by Crippen LogP contribution is 2.26. The Morgan fingerprint density at radius 3 is 2.56 bits per heavy atom. The van der Waals surface area contributed by atoms with Crippen LogP contribution in [0.15, 0.2) is 36.7 Å². The molecule has 2 aromatic heterocycles. The van der Waals surface area contributed by atoms with Gasteiger partial charge in [0.15, 0.2) is 5.75 Å². The zero-order valence-electron chi connectivity index (χ0n) is 21.0. The third kappa shape index (κ3) is 7.67. The Hall–Kier alpha value is -3.66. The van der Waals surface area contributed by atoms with Crippen molar-refractivity contribution in [3.05, 3.63) is 52.9 Å². The van der Waals surface area contributed by atoms with Crippen molar-refractivity contribution in [2.45, 2.75) is 39.2 Å². The van der Waals surface area contributed by atoms with E-state index in [0.29, 0.717) is 25.1 Å². The molecule has 1 aliphatic heterocycles. The van der Waals surface area contributed by atoms with E-state index in [4.69, 9.17) is 21.1 Å². The van der Waals surface area contributed by atoms with Crippen LogP contribution in [0.4, 0.5) is 15.4 Å². The number of ether oxygens (including phenoxy) is 2. The summed E-state index contributed by atoms with van der Waals surface area (Å²) in [4.78, 5) is 48.2. The molecule has 192 valence electrons. The average molecular weight is 516 g/mol. The Balaban J connectivity index is 1.59. The van der Waals surface area contributed by atoms with Crippen LogP contribution >= 0.6 is 11.6 Å². The number of anilines is 1. The first-order valence-electron chi connectivity index (χ1n) is 11.4. The van der Waals surface area contributed by atoms with Gasteiger partial charge in [-0.25, -0.2) is 14.6 Å². The van der Waals surface area contributed by atoms with E-state index in [2.05, 4.69) is 21.4 Å². The topological polar surface area (TPSA) is 114 Å². The van der Waals surface area contributed by atoms with Gasteiger partial charge >= 0.3 is 12.2 Å². The second-order valence-electron chi connectivity index (χ2n) is 9.46. The molecule has 1 N–H and O–H groups in total. The SMILES string of the molecule is CN(C)C(=O)Oc1cc(NC(=O)Cc2ccc(C3=CCCN(C(=O)OC(C)(C)C)C3)nc2)ncc1Cl. The fourth-order valence-electron chi connectivity index (χ4n) is 3.26. The van der Waals surface area contributed by atoms with Crippen LogP contribution in [0.1, 0.15) is 38.4 Å². The number of carbonyl (C=O) groups excluding carboxylic acids is 3. The van der Waals surface area contributed by atoms with Gasteiger partial charge < -0.3 is 24.6 Å². The van der Waals surface area contributed by atoms with Crippen LogP contribution in [-0.4, -0.2) is 70.6 Å². The van der Waals surface area contributed by atoms with Crippen LogP contribution in [-0.2, 0) is 16.0 Å². The second kappa shape index (κ2) is 11.4. The lowest BCUT2D eigenvalue weighted by molar-refractivity contribution is -0.115. The molecule has 0 spiro atoms. The van der Waals surface area contributed by atoms with Crippen molar-refractivity contribution in [3.8, 4) is 5.75 Å². The van der Waals surface area contributed by atoms with Crippen LogP contribution in [0.5, 0.6) is 5.75 Å². The minimum Gasteiger partial charge on any atom is -0.444 e. The van der Waals surface area contributed by atoms with Gasteiger partial charge in [-0.3, -0.25) is 9.78 Å². The zero-order valence-corrected chi connectivity index (χ0v) is 21.8. The van der Waals surface area contributed by atoms with Crippen LogP contribution in [0.3, 0.4) is 0 Å². The van der Waals surface area contributed by atoms with Crippen molar-refractivity contribution in [1.29, 1.82) is 0 Å². The zero-order chi connectivity index (χ0) is 26.5. The predicted molar refractivity (Wildman–Crippen MR) is 136 cm³/mol. The van der Waals surface area contributed by atoms with Gasteiger partial charge in [0.2, 0.25) is 5.91 Å². The first-order valence-corrected chi connectivity index (χ1v) is 11.8. The Labute approximate surface area is 215 Å². The van der Waals surface area contributed by atoms with Gasteiger partial charge in [0, 0.05) is 32.9 Å². The van der Waals surface area contributed by atoms with Crippen molar-refractivity contribution in [2.75, 3.05) is 32.5 Å². The number of nitrogens with one attached hydrogen (secondary N) is 1. The van der Waals surface area contributed by atoms with E-state index < -0.39 is 11.7 Å². The summed E-state index contributed by atoms with van der Waals surface area (Å²) in [6.45, 7) is 6.51. The molecule has 0 atom stereocenters. The normalized spacial score (nSPS) is 13.5. The fraction of sp³-hybridized carbons (Fsp3) is 0.400. The molecule has 36 heavy (non-hydrogen) atoms. The predicted octanol–water partition coefficient (Wildman–Crippen LogP) is 4.40. The van der Waals surface area contributed by atoms with Gasteiger partial charge in [0.05, 0.1) is 24.9 Å². The molecule has 0 aromatic carbocycles. The summed E-state index contributed by atoms with van der Waals surface area (Å²) in [5, 5.41) is 2.81. The summed E-state index contributed by atoms with van der Waals surface area (Å²) in [7, 11) is 3.09. The van der Waals surface area contributed by atoms with Crippen molar-refractivity contribution in [1.82, 2.24) is 19.8 Å². The molecule has 2 aromatic rings. The molecule has 3 rings (SSSR count). The summed E-state index contributed by atoms with van der Waals surface area (Å²) in [5.74, 6) is -0.0322. The van der Waals surface area contributed by atoms with Crippen molar-refractivity contribution >= 4 is 41.1 Å². The Kier molecular flexibility index (Phi) is 8.52. The molecular formula is C25H30ClN5O5. The molecular weight excluding hydrogens is 486 g/mol.